The van der Waals surface area contributed by atoms with E-state index in [0.717, 1.165) is 49.6 Å². The number of hydrogen-bond acceptors (Lipinski definition) is 8. The summed E-state index contributed by atoms with van der Waals surface area (Å²) in [5.74, 6) is 3.02. The zero-order chi connectivity index (χ0) is 29.5. The van der Waals surface area contributed by atoms with E-state index < -0.39 is 0 Å². The molecule has 9 nitrogen and oxygen atoms in total. The van der Waals surface area contributed by atoms with Gasteiger partial charge in [-0.2, -0.15) is 0 Å². The van der Waals surface area contributed by atoms with E-state index in [0.29, 0.717) is 46.4 Å². The Bertz CT molecular complexity index is 1570. The van der Waals surface area contributed by atoms with E-state index in [9.17, 15) is 4.79 Å². The molecule has 1 saturated heterocycles. The van der Waals surface area contributed by atoms with Crippen LogP contribution in [0, 0.1) is 16.7 Å². The molecule has 1 unspecified atom stereocenters. The molecular formula is C32H38BN7O2S. The second kappa shape index (κ2) is 9.65. The molecule has 5 aliphatic rings. The van der Waals surface area contributed by atoms with Crippen molar-refractivity contribution >= 4 is 37.3 Å². The highest BCUT2D eigenvalue weighted by atomic mass is 32.2. The SMILES string of the molecule is [B]C1(CCOc2ccn(-c3ccc4c(n3)N3CC(CCCNc5cccc(n5)SNC4=O)CC3(C)C)n2)C2(CC2)C12CC2. The monoisotopic (exact) mass is 595 g/mol. The number of aromatic nitrogens is 4. The van der Waals surface area contributed by atoms with Crippen LogP contribution in [0.4, 0.5) is 11.6 Å². The summed E-state index contributed by atoms with van der Waals surface area (Å²) in [5.41, 5.74) is 1.24. The molecule has 4 fully saturated rings. The Morgan fingerprint density at radius 3 is 2.70 bits per heavy atom. The van der Waals surface area contributed by atoms with Gasteiger partial charge in [-0.1, -0.05) is 11.4 Å². The predicted molar refractivity (Wildman–Crippen MR) is 168 cm³/mol. The van der Waals surface area contributed by atoms with Gasteiger partial charge in [0.15, 0.2) is 5.82 Å². The van der Waals surface area contributed by atoms with Crippen LogP contribution < -0.4 is 19.7 Å². The topological polar surface area (TPSA) is 97.2 Å². The molecule has 2 aliphatic heterocycles. The van der Waals surface area contributed by atoms with Crippen molar-refractivity contribution in [3.63, 3.8) is 0 Å². The van der Waals surface area contributed by atoms with Gasteiger partial charge in [-0.05, 0) is 106 Å². The first kappa shape index (κ1) is 27.4. The van der Waals surface area contributed by atoms with E-state index in [1.54, 1.807) is 4.68 Å². The minimum absolute atomic E-state index is 0.0405. The lowest BCUT2D eigenvalue weighted by atomic mass is 9.75. The smallest absolute Gasteiger partial charge is 0.265 e. The summed E-state index contributed by atoms with van der Waals surface area (Å²) in [6.07, 6.45) is 11.1. The zero-order valence-electron chi connectivity index (χ0n) is 24.9. The minimum Gasteiger partial charge on any atom is -0.477 e. The van der Waals surface area contributed by atoms with Crippen molar-refractivity contribution in [3.8, 4) is 11.7 Å². The number of carbonyl (C=O) groups excluding carboxylic acids is 1. The summed E-state index contributed by atoms with van der Waals surface area (Å²) < 4.78 is 10.8. The van der Waals surface area contributed by atoms with Crippen LogP contribution in [-0.2, 0) is 0 Å². The molecule has 3 aromatic rings. The van der Waals surface area contributed by atoms with E-state index >= 15 is 0 Å². The Balaban J connectivity index is 1.04. The van der Waals surface area contributed by atoms with E-state index in [4.69, 9.17) is 22.7 Å². The summed E-state index contributed by atoms with van der Waals surface area (Å²) in [6.45, 7) is 6.77. The van der Waals surface area contributed by atoms with Gasteiger partial charge in [0, 0.05) is 42.8 Å². The standard InChI is InChI=1S/C32H38BN7O2S/c1-29(2)19-21-5-4-16-34-23-6-3-7-26(35-23)43-38-28(41)22-8-9-24(36-27(22)39(29)20-21)40-17-10-25(37-40)42-18-15-32(33)30(11-12-30)31(32)13-14-31/h3,6-10,17,21H,4-5,11-16,18-20H2,1-2H3,(H,34,35)(H,38,41). The van der Waals surface area contributed by atoms with Crippen LogP contribution in [0.3, 0.4) is 0 Å². The molecule has 3 aromatic heterocycles. The molecule has 5 heterocycles. The molecule has 11 heteroatoms. The van der Waals surface area contributed by atoms with Crippen LogP contribution in [0.25, 0.3) is 5.82 Å². The summed E-state index contributed by atoms with van der Waals surface area (Å²) in [4.78, 5) is 25.6. The molecule has 2 radical (unpaired) electrons. The van der Waals surface area contributed by atoms with Crippen LogP contribution in [0.15, 0.2) is 47.6 Å². The van der Waals surface area contributed by atoms with Gasteiger partial charge in [0.05, 0.1) is 20.0 Å². The van der Waals surface area contributed by atoms with E-state index in [1.807, 2.05) is 42.6 Å². The Morgan fingerprint density at radius 2 is 1.91 bits per heavy atom. The molecule has 8 rings (SSSR count). The number of carbonyl (C=O) groups is 1. The third kappa shape index (κ3) is 4.36. The van der Waals surface area contributed by atoms with Crippen LogP contribution in [0.2, 0.25) is 5.31 Å². The van der Waals surface area contributed by atoms with Gasteiger partial charge < -0.3 is 15.0 Å². The lowest BCUT2D eigenvalue weighted by Gasteiger charge is -2.34. The van der Waals surface area contributed by atoms with Crippen LogP contribution in [0.5, 0.6) is 5.88 Å². The largest absolute Gasteiger partial charge is 0.477 e. The number of anilines is 2. The van der Waals surface area contributed by atoms with Crippen molar-refractivity contribution in [3.05, 3.63) is 48.2 Å². The lowest BCUT2D eigenvalue weighted by molar-refractivity contribution is 0.0984. The molecule has 222 valence electrons. The molecular weight excluding hydrogens is 557 g/mol. The van der Waals surface area contributed by atoms with Gasteiger partial charge in [0.1, 0.15) is 16.7 Å². The summed E-state index contributed by atoms with van der Waals surface area (Å²) in [6, 6.07) is 11.4. The minimum atomic E-state index is -0.199. The highest BCUT2D eigenvalue weighted by Crippen LogP contribution is 3.02. The molecule has 1 amide bonds. The first-order valence-corrected chi connectivity index (χ1v) is 16.5. The maximum atomic E-state index is 13.6. The Labute approximate surface area is 258 Å². The molecule has 1 atom stereocenters. The van der Waals surface area contributed by atoms with E-state index in [-0.39, 0.29) is 16.8 Å². The van der Waals surface area contributed by atoms with Crippen molar-refractivity contribution in [2.45, 2.75) is 81.1 Å². The molecule has 2 N–H and O–H groups in total. The third-order valence-electron chi connectivity index (χ3n) is 11.0. The van der Waals surface area contributed by atoms with Gasteiger partial charge in [-0.25, -0.2) is 14.6 Å². The van der Waals surface area contributed by atoms with E-state index in [2.05, 4.69) is 33.8 Å². The molecule has 3 aliphatic carbocycles. The fourth-order valence-electron chi connectivity index (χ4n) is 8.60. The summed E-state index contributed by atoms with van der Waals surface area (Å²) >= 11 is 1.22. The van der Waals surface area contributed by atoms with Crippen molar-refractivity contribution in [1.82, 2.24) is 24.5 Å². The molecule has 43 heavy (non-hydrogen) atoms. The van der Waals surface area contributed by atoms with Gasteiger partial charge in [-0.15, -0.1) is 5.10 Å². The number of nitrogens with zero attached hydrogens (tertiary/aromatic N) is 5. The number of hydrogen-bond donors (Lipinski definition) is 2. The highest BCUT2D eigenvalue weighted by Gasteiger charge is 2.91. The van der Waals surface area contributed by atoms with Crippen LogP contribution in [0.1, 0.15) is 75.6 Å². The first-order valence-electron chi connectivity index (χ1n) is 15.7. The van der Waals surface area contributed by atoms with Crippen molar-refractivity contribution in [1.29, 1.82) is 0 Å². The van der Waals surface area contributed by atoms with Gasteiger partial charge >= 0.3 is 0 Å². The normalized spacial score (nSPS) is 25.2. The Morgan fingerprint density at radius 1 is 1.09 bits per heavy atom. The van der Waals surface area contributed by atoms with Gasteiger partial charge in [-0.3, -0.25) is 9.52 Å². The quantitative estimate of drug-likeness (QED) is 0.292. The zero-order valence-corrected chi connectivity index (χ0v) is 25.8. The van der Waals surface area contributed by atoms with Crippen molar-refractivity contribution < 1.29 is 9.53 Å². The van der Waals surface area contributed by atoms with Crippen LogP contribution >= 0.6 is 11.9 Å². The summed E-state index contributed by atoms with van der Waals surface area (Å²) in [7, 11) is 6.86. The third-order valence-corrected chi connectivity index (χ3v) is 11.7. The maximum absolute atomic E-state index is 13.6. The predicted octanol–water partition coefficient (Wildman–Crippen LogP) is 5.58. The Kier molecular flexibility index (Phi) is 6.14. The average molecular weight is 596 g/mol. The average Bonchev–Trinajstić information content (AvgIpc) is 3.93. The number of ether oxygens (including phenoxy) is 1. The lowest BCUT2D eigenvalue weighted by Crippen LogP contribution is -2.40. The number of pyridine rings is 2. The number of fused-ring (bicyclic) bond motifs is 7. The molecule has 3 saturated carbocycles. The number of nitrogens with one attached hydrogen (secondary N) is 2. The second-order valence-corrected chi connectivity index (χ2v) is 14.7. The number of amides is 1. The highest BCUT2D eigenvalue weighted by molar-refractivity contribution is 7.97. The van der Waals surface area contributed by atoms with Crippen LogP contribution in [-0.4, -0.2) is 58.7 Å². The first-order chi connectivity index (χ1) is 20.7. The van der Waals surface area contributed by atoms with Crippen molar-refractivity contribution in [2.24, 2.45) is 16.7 Å². The summed E-state index contributed by atoms with van der Waals surface area (Å²) in [5, 5.41) is 8.82. The molecule has 2 spiro atoms. The number of rotatable bonds is 5. The molecule has 0 aromatic carbocycles. The van der Waals surface area contributed by atoms with Gasteiger partial charge in [0.2, 0.25) is 5.88 Å². The fourth-order valence-corrected chi connectivity index (χ4v) is 9.20. The maximum Gasteiger partial charge on any atom is 0.265 e. The fraction of sp³-hybridized carbons (Fsp3) is 0.562. The Hall–Kier alpha value is -3.21. The van der Waals surface area contributed by atoms with Crippen molar-refractivity contribution in [2.75, 3.05) is 29.9 Å². The van der Waals surface area contributed by atoms with Gasteiger partial charge in [0.25, 0.3) is 5.91 Å². The second-order valence-electron chi connectivity index (χ2n) is 13.8. The van der Waals surface area contributed by atoms with E-state index in [1.165, 1.54) is 37.6 Å². The molecule has 4 bridgehead atoms.